The number of aryl methyl sites for hydroxylation is 2. The zero-order valence-corrected chi connectivity index (χ0v) is 13.8. The van der Waals surface area contributed by atoms with Crippen LogP contribution >= 0.6 is 11.8 Å². The molecule has 3 nitrogen and oxygen atoms in total. The molecule has 0 aromatic carbocycles. The van der Waals surface area contributed by atoms with Crippen LogP contribution in [-0.4, -0.2) is 22.0 Å². The molecule has 0 spiro atoms. The smallest absolute Gasteiger partial charge is 0.0811 e. The summed E-state index contributed by atoms with van der Waals surface area (Å²) in [5.41, 5.74) is 3.29. The molecule has 1 aromatic heterocycles. The summed E-state index contributed by atoms with van der Waals surface area (Å²) in [6.45, 7) is 14.1. The molecule has 1 N–H and O–H groups in total. The van der Waals surface area contributed by atoms with Gasteiger partial charge in [0.05, 0.1) is 16.8 Å². The van der Waals surface area contributed by atoms with Crippen LogP contribution in [-0.2, 0) is 0 Å². The van der Waals surface area contributed by atoms with Crippen LogP contribution in [0.5, 0.6) is 0 Å². The highest BCUT2D eigenvalue weighted by Crippen LogP contribution is 2.31. The topological polar surface area (TPSA) is 37.8 Å². The highest BCUT2D eigenvalue weighted by Gasteiger charge is 2.17. The van der Waals surface area contributed by atoms with Crippen molar-refractivity contribution in [3.63, 3.8) is 0 Å². The highest BCUT2D eigenvalue weighted by molar-refractivity contribution is 8.00. The quantitative estimate of drug-likeness (QED) is 0.770. The van der Waals surface area contributed by atoms with E-state index in [1.54, 1.807) is 0 Å². The molecule has 0 saturated heterocycles. The van der Waals surface area contributed by atoms with Gasteiger partial charge in [-0.1, -0.05) is 34.1 Å². The molecule has 0 aliphatic rings. The fraction of sp³-hybridized carbons (Fsp3) is 0.733. The molecule has 2 atom stereocenters. The third-order valence-corrected chi connectivity index (χ3v) is 4.42. The van der Waals surface area contributed by atoms with Gasteiger partial charge in [0.1, 0.15) is 0 Å². The number of hydrogen-bond acceptors (Lipinski definition) is 4. The Bertz CT molecular complexity index is 393. The Kier molecular flexibility index (Phi) is 6.80. The summed E-state index contributed by atoms with van der Waals surface area (Å²) in [7, 11) is 0. The lowest BCUT2D eigenvalue weighted by Gasteiger charge is -2.23. The van der Waals surface area contributed by atoms with Gasteiger partial charge in [-0.15, -0.1) is 11.8 Å². The van der Waals surface area contributed by atoms with E-state index in [1.165, 1.54) is 12.0 Å². The molecule has 1 heterocycles. The number of rotatable bonds is 7. The van der Waals surface area contributed by atoms with Gasteiger partial charge in [0.25, 0.3) is 0 Å². The number of nitrogens with one attached hydrogen (secondary N) is 1. The highest BCUT2D eigenvalue weighted by atomic mass is 32.2. The maximum atomic E-state index is 4.25. The van der Waals surface area contributed by atoms with Crippen molar-refractivity contribution in [2.45, 2.75) is 58.6 Å². The van der Waals surface area contributed by atoms with E-state index in [1.807, 2.05) is 25.6 Å². The second-order valence-electron chi connectivity index (χ2n) is 5.51. The van der Waals surface area contributed by atoms with Crippen molar-refractivity contribution in [2.24, 2.45) is 5.92 Å². The van der Waals surface area contributed by atoms with Crippen molar-refractivity contribution in [1.29, 1.82) is 0 Å². The average Bonchev–Trinajstić information content (AvgIpc) is 2.36. The normalized spacial score (nSPS) is 14.7. The van der Waals surface area contributed by atoms with Crippen molar-refractivity contribution in [3.8, 4) is 0 Å². The standard InChI is InChI=1S/C15H27N3S/c1-7-11(4)9-16-15(19-10(2)3)14-8-12(5)17-18-13(14)6/h8,10-11,15-16H,7,9H2,1-6H3. The van der Waals surface area contributed by atoms with E-state index in [-0.39, 0.29) is 0 Å². The van der Waals surface area contributed by atoms with Gasteiger partial charge in [0.2, 0.25) is 0 Å². The molecule has 0 fully saturated rings. The molecule has 1 aromatic rings. The van der Waals surface area contributed by atoms with Crippen molar-refractivity contribution < 1.29 is 0 Å². The van der Waals surface area contributed by atoms with E-state index < -0.39 is 0 Å². The Hall–Kier alpha value is -0.610. The number of nitrogens with zero attached hydrogens (tertiary/aromatic N) is 2. The maximum absolute atomic E-state index is 4.25. The van der Waals surface area contributed by atoms with E-state index in [0.717, 1.165) is 17.9 Å². The Morgan fingerprint density at radius 3 is 2.47 bits per heavy atom. The third kappa shape index (κ3) is 5.49. The lowest BCUT2D eigenvalue weighted by Crippen LogP contribution is -2.26. The number of hydrogen-bond donors (Lipinski definition) is 1. The maximum Gasteiger partial charge on any atom is 0.0811 e. The van der Waals surface area contributed by atoms with Crippen molar-refractivity contribution in [3.05, 3.63) is 23.0 Å². The second kappa shape index (κ2) is 7.85. The summed E-state index contributed by atoms with van der Waals surface area (Å²) in [6.07, 6.45) is 1.21. The van der Waals surface area contributed by atoms with Crippen LogP contribution in [0.2, 0.25) is 0 Å². The van der Waals surface area contributed by atoms with Crippen molar-refractivity contribution in [2.75, 3.05) is 6.54 Å². The molecule has 0 bridgehead atoms. The number of aromatic nitrogens is 2. The predicted octanol–water partition coefficient (Wildman–Crippen LogP) is 3.87. The predicted molar refractivity (Wildman–Crippen MR) is 84.4 cm³/mol. The first kappa shape index (κ1) is 16.4. The van der Waals surface area contributed by atoms with Gasteiger partial charge in [-0.25, -0.2) is 0 Å². The monoisotopic (exact) mass is 281 g/mol. The minimum absolute atomic E-state index is 0.309. The first-order chi connectivity index (χ1) is 8.93. The van der Waals surface area contributed by atoms with E-state index in [2.05, 4.69) is 49.3 Å². The molecule has 2 unspecified atom stereocenters. The summed E-state index contributed by atoms with van der Waals surface area (Å²) >= 11 is 1.95. The molecule has 0 radical (unpaired) electrons. The summed E-state index contributed by atoms with van der Waals surface area (Å²) in [6, 6.07) is 2.16. The van der Waals surface area contributed by atoms with Gasteiger partial charge in [-0.2, -0.15) is 10.2 Å². The Morgan fingerprint density at radius 1 is 1.21 bits per heavy atom. The summed E-state index contributed by atoms with van der Waals surface area (Å²) < 4.78 is 0. The lowest BCUT2D eigenvalue weighted by molar-refractivity contribution is 0.494. The SMILES string of the molecule is CCC(C)CNC(SC(C)C)c1cc(C)nnc1C. The molecule has 4 heteroatoms. The molecule has 0 saturated carbocycles. The van der Waals surface area contributed by atoms with Crippen LogP contribution in [0.3, 0.4) is 0 Å². The van der Waals surface area contributed by atoms with Gasteiger partial charge in [0, 0.05) is 10.8 Å². The molecule has 108 valence electrons. The zero-order chi connectivity index (χ0) is 14.4. The molecule has 0 aliphatic carbocycles. The third-order valence-electron chi connectivity index (χ3n) is 3.18. The molecule has 0 amide bonds. The largest absolute Gasteiger partial charge is 0.301 e. The fourth-order valence-electron chi connectivity index (χ4n) is 1.79. The molecular weight excluding hydrogens is 254 g/mol. The lowest BCUT2D eigenvalue weighted by atomic mass is 10.1. The van der Waals surface area contributed by atoms with Crippen LogP contribution in [0.25, 0.3) is 0 Å². The van der Waals surface area contributed by atoms with E-state index in [0.29, 0.717) is 16.5 Å². The Morgan fingerprint density at radius 2 is 1.89 bits per heavy atom. The molecule has 0 aliphatic heterocycles. The van der Waals surface area contributed by atoms with Gasteiger partial charge in [-0.3, -0.25) is 0 Å². The van der Waals surface area contributed by atoms with Crippen LogP contribution < -0.4 is 5.32 Å². The van der Waals surface area contributed by atoms with Crippen LogP contribution in [0.15, 0.2) is 6.07 Å². The van der Waals surface area contributed by atoms with E-state index in [9.17, 15) is 0 Å². The Balaban J connectivity index is 2.86. The van der Waals surface area contributed by atoms with Crippen LogP contribution in [0.4, 0.5) is 0 Å². The van der Waals surface area contributed by atoms with E-state index in [4.69, 9.17) is 0 Å². The van der Waals surface area contributed by atoms with Gasteiger partial charge in [0.15, 0.2) is 0 Å². The average molecular weight is 281 g/mol. The van der Waals surface area contributed by atoms with Gasteiger partial charge < -0.3 is 5.32 Å². The minimum atomic E-state index is 0.309. The van der Waals surface area contributed by atoms with Crippen LogP contribution in [0.1, 0.15) is 56.4 Å². The summed E-state index contributed by atoms with van der Waals surface area (Å²) in [4.78, 5) is 0. The first-order valence-electron chi connectivity index (χ1n) is 7.13. The van der Waals surface area contributed by atoms with Crippen molar-refractivity contribution in [1.82, 2.24) is 15.5 Å². The summed E-state index contributed by atoms with van der Waals surface area (Å²) in [5.74, 6) is 0.700. The van der Waals surface area contributed by atoms with Gasteiger partial charge >= 0.3 is 0 Å². The molecule has 1 rings (SSSR count). The van der Waals surface area contributed by atoms with E-state index >= 15 is 0 Å². The first-order valence-corrected chi connectivity index (χ1v) is 8.08. The Labute approximate surface area is 122 Å². The molecule has 19 heavy (non-hydrogen) atoms. The number of thioether (sulfide) groups is 1. The second-order valence-corrected chi connectivity index (χ2v) is 7.20. The molecular formula is C15H27N3S. The minimum Gasteiger partial charge on any atom is -0.301 e. The zero-order valence-electron chi connectivity index (χ0n) is 13.0. The van der Waals surface area contributed by atoms with Crippen LogP contribution in [0, 0.1) is 19.8 Å². The fourth-order valence-corrected chi connectivity index (χ4v) is 2.91. The van der Waals surface area contributed by atoms with Gasteiger partial charge in [-0.05, 0) is 32.4 Å². The van der Waals surface area contributed by atoms with Crippen molar-refractivity contribution >= 4 is 11.8 Å². The summed E-state index contributed by atoms with van der Waals surface area (Å²) in [5, 5.41) is 13.0.